The fraction of sp³-hybridized carbons (Fsp3) is 0.158. The van der Waals surface area contributed by atoms with Crippen LogP contribution in [0.25, 0.3) is 6.08 Å². The molecule has 25 heavy (non-hydrogen) atoms. The van der Waals surface area contributed by atoms with Crippen molar-refractivity contribution in [3.8, 4) is 0 Å². The molecule has 0 bridgehead atoms. The first-order chi connectivity index (χ1) is 12.3. The SMILES string of the molecule is O=C(C=Cc1ccoc1)Nc1cnn(CCOCc2ccccc2)c1. The van der Waals surface area contributed by atoms with Crippen molar-refractivity contribution in [3.63, 3.8) is 0 Å². The molecule has 0 fully saturated rings. The maximum absolute atomic E-state index is 11.8. The topological polar surface area (TPSA) is 69.3 Å². The van der Waals surface area contributed by atoms with Gasteiger partial charge in [-0.3, -0.25) is 9.48 Å². The summed E-state index contributed by atoms with van der Waals surface area (Å²) in [6.45, 7) is 1.74. The summed E-state index contributed by atoms with van der Waals surface area (Å²) in [5.41, 5.74) is 2.62. The summed E-state index contributed by atoms with van der Waals surface area (Å²) in [6.07, 6.45) is 9.64. The fourth-order valence-electron chi connectivity index (χ4n) is 2.20. The third-order valence-electron chi connectivity index (χ3n) is 3.45. The smallest absolute Gasteiger partial charge is 0.248 e. The van der Waals surface area contributed by atoms with E-state index in [9.17, 15) is 4.79 Å². The van der Waals surface area contributed by atoms with E-state index in [1.807, 2.05) is 30.3 Å². The monoisotopic (exact) mass is 337 g/mol. The second-order valence-electron chi connectivity index (χ2n) is 5.41. The average molecular weight is 337 g/mol. The molecule has 6 nitrogen and oxygen atoms in total. The maximum atomic E-state index is 11.8. The number of benzene rings is 1. The van der Waals surface area contributed by atoms with Crippen molar-refractivity contribution in [3.05, 3.63) is 78.5 Å². The van der Waals surface area contributed by atoms with Crippen molar-refractivity contribution in [2.45, 2.75) is 13.2 Å². The number of rotatable bonds is 8. The Kier molecular flexibility index (Phi) is 5.79. The lowest BCUT2D eigenvalue weighted by molar-refractivity contribution is -0.111. The van der Waals surface area contributed by atoms with Gasteiger partial charge in [0.15, 0.2) is 0 Å². The van der Waals surface area contributed by atoms with Gasteiger partial charge in [-0.2, -0.15) is 5.10 Å². The zero-order valence-corrected chi connectivity index (χ0v) is 13.7. The summed E-state index contributed by atoms with van der Waals surface area (Å²) in [5.74, 6) is -0.221. The number of carbonyl (C=O) groups is 1. The maximum Gasteiger partial charge on any atom is 0.248 e. The van der Waals surface area contributed by atoms with E-state index in [1.54, 1.807) is 41.7 Å². The van der Waals surface area contributed by atoms with Gasteiger partial charge in [0, 0.05) is 17.8 Å². The lowest BCUT2D eigenvalue weighted by Gasteiger charge is -2.04. The van der Waals surface area contributed by atoms with Crippen molar-refractivity contribution in [1.29, 1.82) is 0 Å². The molecule has 0 unspecified atom stereocenters. The molecule has 128 valence electrons. The molecule has 1 amide bonds. The van der Waals surface area contributed by atoms with Crippen LogP contribution in [0.1, 0.15) is 11.1 Å². The van der Waals surface area contributed by atoms with Gasteiger partial charge in [0.2, 0.25) is 5.91 Å². The number of amides is 1. The third kappa shape index (κ3) is 5.47. The molecule has 3 aromatic rings. The largest absolute Gasteiger partial charge is 0.472 e. The second kappa shape index (κ2) is 8.65. The quantitative estimate of drug-likeness (QED) is 0.505. The number of aromatic nitrogens is 2. The van der Waals surface area contributed by atoms with E-state index in [0.29, 0.717) is 25.4 Å². The molecule has 2 heterocycles. The van der Waals surface area contributed by atoms with Gasteiger partial charge >= 0.3 is 0 Å². The first-order valence-electron chi connectivity index (χ1n) is 7.95. The van der Waals surface area contributed by atoms with Gasteiger partial charge in [-0.15, -0.1) is 0 Å². The predicted molar refractivity (Wildman–Crippen MR) is 94.7 cm³/mol. The minimum atomic E-state index is -0.221. The van der Waals surface area contributed by atoms with Crippen LogP contribution in [0.5, 0.6) is 0 Å². The van der Waals surface area contributed by atoms with Gasteiger partial charge in [-0.25, -0.2) is 0 Å². The molecular weight excluding hydrogens is 318 g/mol. The van der Waals surface area contributed by atoms with E-state index >= 15 is 0 Å². The number of ether oxygens (including phenoxy) is 1. The predicted octanol–water partition coefficient (Wildman–Crippen LogP) is 3.34. The molecule has 1 aromatic carbocycles. The van der Waals surface area contributed by atoms with Gasteiger partial charge in [0.05, 0.1) is 44.2 Å². The highest BCUT2D eigenvalue weighted by Gasteiger charge is 2.02. The van der Waals surface area contributed by atoms with E-state index in [2.05, 4.69) is 10.4 Å². The summed E-state index contributed by atoms with van der Waals surface area (Å²) in [7, 11) is 0. The Morgan fingerprint density at radius 2 is 2.16 bits per heavy atom. The molecule has 6 heteroatoms. The van der Waals surface area contributed by atoms with Crippen molar-refractivity contribution >= 4 is 17.7 Å². The number of anilines is 1. The summed E-state index contributed by atoms with van der Waals surface area (Å²) in [5, 5.41) is 6.97. The zero-order valence-electron chi connectivity index (χ0n) is 13.7. The van der Waals surface area contributed by atoms with Crippen LogP contribution < -0.4 is 5.32 Å². The van der Waals surface area contributed by atoms with Crippen molar-refractivity contribution in [1.82, 2.24) is 9.78 Å². The van der Waals surface area contributed by atoms with Crippen LogP contribution in [0.15, 0.2) is 71.8 Å². The third-order valence-corrected chi connectivity index (χ3v) is 3.45. The molecule has 2 aromatic heterocycles. The normalized spacial score (nSPS) is 11.0. The Bertz CT molecular complexity index is 808. The van der Waals surface area contributed by atoms with E-state index < -0.39 is 0 Å². The summed E-state index contributed by atoms with van der Waals surface area (Å²) in [6, 6.07) is 11.8. The lowest BCUT2D eigenvalue weighted by Crippen LogP contribution is -2.08. The van der Waals surface area contributed by atoms with Crippen LogP contribution in [0.2, 0.25) is 0 Å². The van der Waals surface area contributed by atoms with Crippen molar-refractivity contribution in [2.24, 2.45) is 0 Å². The number of nitrogens with zero attached hydrogens (tertiary/aromatic N) is 2. The number of furan rings is 1. The number of nitrogens with one attached hydrogen (secondary N) is 1. The Morgan fingerprint density at radius 1 is 1.28 bits per heavy atom. The van der Waals surface area contributed by atoms with E-state index in [1.165, 1.54) is 6.08 Å². The standard InChI is InChI=1S/C19H19N3O3/c23-19(7-6-17-8-10-24-15-17)21-18-12-20-22(13-18)9-11-25-14-16-4-2-1-3-5-16/h1-8,10,12-13,15H,9,11,14H2,(H,21,23). The highest BCUT2D eigenvalue weighted by molar-refractivity contribution is 6.01. The molecule has 0 radical (unpaired) electrons. The molecule has 0 saturated carbocycles. The zero-order chi connectivity index (χ0) is 17.3. The van der Waals surface area contributed by atoms with Crippen LogP contribution in [-0.4, -0.2) is 22.3 Å². The Labute approximate surface area is 145 Å². The van der Waals surface area contributed by atoms with Crippen LogP contribution in [0, 0.1) is 0 Å². The van der Waals surface area contributed by atoms with Crippen molar-refractivity contribution < 1.29 is 13.9 Å². The molecule has 3 rings (SSSR count). The molecule has 0 atom stereocenters. The Morgan fingerprint density at radius 3 is 2.96 bits per heavy atom. The highest BCUT2D eigenvalue weighted by Crippen LogP contribution is 2.07. The van der Waals surface area contributed by atoms with Crippen LogP contribution in [-0.2, 0) is 22.7 Å². The van der Waals surface area contributed by atoms with Gasteiger partial charge in [0.25, 0.3) is 0 Å². The number of hydrogen-bond acceptors (Lipinski definition) is 4. The Hall–Kier alpha value is -3.12. The molecule has 0 spiro atoms. The fourth-order valence-corrected chi connectivity index (χ4v) is 2.20. The summed E-state index contributed by atoms with van der Waals surface area (Å²) in [4.78, 5) is 11.8. The van der Waals surface area contributed by atoms with Gasteiger partial charge < -0.3 is 14.5 Å². The van der Waals surface area contributed by atoms with Crippen molar-refractivity contribution in [2.75, 3.05) is 11.9 Å². The Balaban J connectivity index is 1.40. The van der Waals surface area contributed by atoms with Gasteiger partial charge in [-0.05, 0) is 17.7 Å². The minimum absolute atomic E-state index is 0.221. The second-order valence-corrected chi connectivity index (χ2v) is 5.41. The van der Waals surface area contributed by atoms with E-state index in [0.717, 1.165) is 11.1 Å². The average Bonchev–Trinajstić information content (AvgIpc) is 3.30. The van der Waals surface area contributed by atoms with E-state index in [4.69, 9.17) is 9.15 Å². The van der Waals surface area contributed by atoms with Gasteiger partial charge in [0.1, 0.15) is 0 Å². The van der Waals surface area contributed by atoms with Gasteiger partial charge in [-0.1, -0.05) is 30.3 Å². The molecule has 0 aliphatic heterocycles. The molecule has 1 N–H and O–H groups in total. The van der Waals surface area contributed by atoms with Crippen LogP contribution in [0.4, 0.5) is 5.69 Å². The first-order valence-corrected chi connectivity index (χ1v) is 7.95. The highest BCUT2D eigenvalue weighted by atomic mass is 16.5. The number of hydrogen-bond donors (Lipinski definition) is 1. The number of carbonyl (C=O) groups excluding carboxylic acids is 1. The molecular formula is C19H19N3O3. The first kappa shape index (κ1) is 16.7. The summed E-state index contributed by atoms with van der Waals surface area (Å²) < 4.78 is 12.3. The van der Waals surface area contributed by atoms with Crippen LogP contribution in [0.3, 0.4) is 0 Å². The van der Waals surface area contributed by atoms with Crippen LogP contribution >= 0.6 is 0 Å². The molecule has 0 saturated heterocycles. The minimum Gasteiger partial charge on any atom is -0.472 e. The molecule has 0 aliphatic rings. The summed E-state index contributed by atoms with van der Waals surface area (Å²) >= 11 is 0. The molecule has 0 aliphatic carbocycles. The van der Waals surface area contributed by atoms with E-state index in [-0.39, 0.29) is 5.91 Å². The lowest BCUT2D eigenvalue weighted by atomic mass is 10.2.